The van der Waals surface area contributed by atoms with Gasteiger partial charge >= 0.3 is 0 Å². The number of hydrogen-bond acceptors (Lipinski definition) is 11. The van der Waals surface area contributed by atoms with Gasteiger partial charge in [-0.15, -0.1) is 0 Å². The van der Waals surface area contributed by atoms with Crippen LogP contribution in [0.3, 0.4) is 0 Å². The summed E-state index contributed by atoms with van der Waals surface area (Å²) in [5.41, 5.74) is 23.8. The minimum atomic E-state index is -3.80. The highest BCUT2D eigenvalue weighted by Crippen LogP contribution is 2.42. The number of sulfonamides is 2. The van der Waals surface area contributed by atoms with Crippen LogP contribution >= 0.6 is 80.3 Å². The Labute approximate surface area is 544 Å². The van der Waals surface area contributed by atoms with Crippen molar-refractivity contribution in [2.75, 3.05) is 40.8 Å². The van der Waals surface area contributed by atoms with E-state index in [0.717, 1.165) is 98.5 Å². The number of likely N-dealkylation sites (N-methyl/N-ethyl adjacent to an activating group) is 3. The lowest BCUT2D eigenvalue weighted by atomic mass is 9.85. The fourth-order valence-corrected chi connectivity index (χ4v) is 15.6. The van der Waals surface area contributed by atoms with Gasteiger partial charge in [0.2, 0.25) is 20.0 Å². The molecule has 0 bridgehead atoms. The zero-order valence-electron chi connectivity index (χ0n) is 47.6. The molecule has 87 heavy (non-hydrogen) atoms. The summed E-state index contributed by atoms with van der Waals surface area (Å²) >= 11 is 38.2. The molecule has 0 aromatic heterocycles. The van der Waals surface area contributed by atoms with Gasteiger partial charge in [-0.1, -0.05) is 155 Å². The molecule has 3 aliphatic rings. The van der Waals surface area contributed by atoms with E-state index in [9.17, 15) is 25.3 Å². The van der Waals surface area contributed by atoms with Gasteiger partial charge in [0.15, 0.2) is 0 Å². The van der Waals surface area contributed by atoms with Crippen molar-refractivity contribution in [1.82, 2.24) is 24.1 Å². The van der Waals surface area contributed by atoms with Gasteiger partial charge in [-0.05, 0) is 166 Å². The van der Waals surface area contributed by atoms with Gasteiger partial charge in [0.1, 0.15) is 0 Å². The maximum Gasteiger partial charge on any atom is 0.261 e. The lowest BCUT2D eigenvalue weighted by molar-refractivity contribution is 0.295. The molecule has 3 unspecified atom stereocenters. The average molecular weight is 1370 g/mol. The number of nitrogens with one attached hydrogen (secondary N) is 2. The topological polar surface area (TPSA) is 188 Å². The number of fused-ring (bicyclic) bond motifs is 3. The largest absolute Gasteiger partial charge is 0.326 e. The van der Waals surface area contributed by atoms with Crippen molar-refractivity contribution in [3.8, 4) is 0 Å². The van der Waals surface area contributed by atoms with Gasteiger partial charge in [0.05, 0.1) is 14.7 Å². The molecule has 23 heteroatoms. The highest BCUT2D eigenvalue weighted by atomic mass is 35.7. The van der Waals surface area contributed by atoms with Crippen molar-refractivity contribution in [2.24, 2.45) is 11.5 Å². The Morgan fingerprint density at radius 3 is 0.931 bits per heavy atom. The Bertz CT molecular complexity index is 3920. The third kappa shape index (κ3) is 16.7. The highest BCUT2D eigenvalue weighted by molar-refractivity contribution is 8.13. The predicted octanol–water partition coefficient (Wildman–Crippen LogP) is 13.5. The molecule has 0 amide bonds. The van der Waals surface area contributed by atoms with E-state index >= 15 is 0 Å². The Morgan fingerprint density at radius 1 is 0.402 bits per heavy atom. The van der Waals surface area contributed by atoms with Crippen LogP contribution in [0.25, 0.3) is 0 Å². The lowest BCUT2D eigenvalue weighted by Crippen LogP contribution is -2.31. The molecule has 11 rings (SSSR count). The summed E-state index contributed by atoms with van der Waals surface area (Å²) < 4.78 is 80.9. The summed E-state index contributed by atoms with van der Waals surface area (Å²) in [5.74, 6) is 0.0698. The third-order valence-electron chi connectivity index (χ3n) is 15.7. The minimum Gasteiger partial charge on any atom is -0.326 e. The molecule has 0 radical (unpaired) electrons. The van der Waals surface area contributed by atoms with Crippen LogP contribution in [0, 0.1) is 0 Å². The number of halogens is 7. The number of nitrogens with zero attached hydrogens (tertiary/aromatic N) is 3. The van der Waals surface area contributed by atoms with Gasteiger partial charge in [0.25, 0.3) is 9.05 Å². The molecule has 13 nitrogen and oxygen atoms in total. The third-order valence-corrected chi connectivity index (χ3v) is 21.5. The SMILES string of the molecule is CN1Cc2c(Cl)cc(Cl)cc2C(c2ccc(S(=O)(=O)Cl)cc2)C1.CN1Cc2c(Cl)cc(Cl)cc2C(c2ccc(S(=O)(=O)NCc3ccc(CNS(=O)(=O)c4ccc(C5CN(C)Cc6c(Cl)cc(Cl)cc65)cc4)cc3)cc2)C1.NCc1ccc(CN)cc1. The van der Waals surface area contributed by atoms with Crippen molar-refractivity contribution < 1.29 is 25.3 Å². The van der Waals surface area contributed by atoms with Gasteiger partial charge in [-0.3, -0.25) is 0 Å². The van der Waals surface area contributed by atoms with Crippen molar-refractivity contribution in [3.63, 3.8) is 0 Å². The van der Waals surface area contributed by atoms with E-state index in [-0.39, 0.29) is 45.5 Å². The van der Waals surface area contributed by atoms with Crippen LogP contribution in [0.4, 0.5) is 0 Å². The van der Waals surface area contributed by atoms with E-state index in [1.54, 1.807) is 78.9 Å². The van der Waals surface area contributed by atoms with Crippen LogP contribution in [0.1, 0.15) is 90.1 Å². The Hall–Kier alpha value is -4.64. The highest BCUT2D eigenvalue weighted by Gasteiger charge is 2.31. The standard InChI is InChI=1S/C40H38Cl4N4O4S2.C16H14Cl3NO2S.C8H12N2/c1-47-21-35(33-15-29(41)17-39(43)37(33)23-47)27-7-11-31(12-8-27)53(49,50)45-19-25-3-5-26(6-4-25)20-46-54(51,52)32-13-9-28(10-14-32)36-22-48(2)24-38-34(36)16-30(42)18-40(38)44;1-20-8-14(10-2-4-12(5-3-10)23(19,21)22)13-6-11(17)7-16(18)15(13)9-20;9-5-7-1-2-8(6-10)4-3-7/h3-18,35-36,45-46H,19-24H2,1-2H3;2-7,14H,8-9H2,1H3;1-4H,5-6,9-10H2. The van der Waals surface area contributed by atoms with Crippen molar-refractivity contribution in [1.29, 1.82) is 0 Å². The second-order valence-electron chi connectivity index (χ2n) is 21.9. The van der Waals surface area contributed by atoms with Crippen molar-refractivity contribution in [2.45, 2.75) is 78.3 Å². The molecule has 0 saturated carbocycles. The first-order valence-electron chi connectivity index (χ1n) is 27.6. The Balaban J connectivity index is 0.000000222. The fraction of sp³-hybridized carbons (Fsp3) is 0.250. The predicted molar refractivity (Wildman–Crippen MR) is 353 cm³/mol. The normalized spacial score (nSPS) is 17.2. The summed E-state index contributed by atoms with van der Waals surface area (Å²) in [5, 5.41) is 3.65. The van der Waals surface area contributed by atoms with E-state index in [2.05, 4.69) is 24.1 Å². The van der Waals surface area contributed by atoms with Crippen LogP contribution in [-0.2, 0) is 74.9 Å². The second kappa shape index (κ2) is 28.7. The fourth-order valence-electron chi connectivity index (χ4n) is 11.1. The quantitative estimate of drug-likeness (QED) is 0.0759. The minimum absolute atomic E-state index is 0.00308. The summed E-state index contributed by atoms with van der Waals surface area (Å²) in [7, 11) is 0.134. The molecule has 6 N–H and O–H groups in total. The van der Waals surface area contributed by atoms with Crippen LogP contribution in [-0.4, -0.2) is 80.7 Å². The molecule has 0 saturated heterocycles. The summed E-state index contributed by atoms with van der Waals surface area (Å²) in [6.07, 6.45) is 0. The van der Waals surface area contributed by atoms with Crippen molar-refractivity contribution >= 4 is 109 Å². The van der Waals surface area contributed by atoms with Crippen molar-refractivity contribution in [3.05, 3.63) is 260 Å². The molecule has 3 heterocycles. The molecule has 8 aromatic carbocycles. The molecule has 3 aliphatic heterocycles. The number of hydrogen-bond donors (Lipinski definition) is 4. The smallest absolute Gasteiger partial charge is 0.261 e. The van der Waals surface area contributed by atoms with Crippen LogP contribution in [0.5, 0.6) is 0 Å². The number of nitrogens with two attached hydrogens (primary N) is 2. The first-order chi connectivity index (χ1) is 41.3. The van der Waals surface area contributed by atoms with Crippen LogP contribution in [0.2, 0.25) is 30.1 Å². The second-order valence-corrected chi connectivity index (χ2v) is 30.6. The molecular weight excluding hydrogens is 1310 g/mol. The van der Waals surface area contributed by atoms with E-state index in [4.69, 9.17) is 91.8 Å². The van der Waals surface area contributed by atoms with Gasteiger partial charge in [-0.2, -0.15) is 0 Å². The van der Waals surface area contributed by atoms with E-state index in [0.29, 0.717) is 56.3 Å². The molecule has 8 aromatic rings. The molecule has 0 fully saturated rings. The first kappa shape index (κ1) is 66.8. The zero-order valence-corrected chi connectivity index (χ0v) is 55.4. The monoisotopic (exact) mass is 1370 g/mol. The number of rotatable bonds is 14. The summed E-state index contributed by atoms with van der Waals surface area (Å²) in [4.78, 5) is 6.95. The lowest BCUT2D eigenvalue weighted by Gasteiger charge is -2.33. The van der Waals surface area contributed by atoms with Gasteiger partial charge in [0, 0.05) is 124 Å². The van der Waals surface area contributed by atoms with E-state index in [1.165, 1.54) is 12.1 Å². The molecule has 0 aliphatic carbocycles. The summed E-state index contributed by atoms with van der Waals surface area (Å²) in [6, 6.07) is 46.6. The van der Waals surface area contributed by atoms with Gasteiger partial charge < -0.3 is 26.2 Å². The first-order valence-corrected chi connectivity index (χ1v) is 35.1. The zero-order chi connectivity index (χ0) is 62.5. The summed E-state index contributed by atoms with van der Waals surface area (Å²) in [6.45, 7) is 5.83. The van der Waals surface area contributed by atoms with E-state index in [1.807, 2.05) is 87.9 Å². The molecule has 0 spiro atoms. The van der Waals surface area contributed by atoms with Crippen LogP contribution < -0.4 is 20.9 Å². The Kier molecular flexibility index (Phi) is 22.0. The average Bonchev–Trinajstić information content (AvgIpc) is 1.21. The molecule has 458 valence electrons. The molecule has 3 atom stereocenters. The van der Waals surface area contributed by atoms with Crippen LogP contribution in [0.15, 0.2) is 172 Å². The number of benzene rings is 8. The maximum atomic E-state index is 13.2. The Morgan fingerprint density at radius 2 is 0.667 bits per heavy atom. The maximum absolute atomic E-state index is 13.2. The van der Waals surface area contributed by atoms with Gasteiger partial charge in [-0.25, -0.2) is 34.7 Å². The van der Waals surface area contributed by atoms with E-state index < -0.39 is 29.1 Å². The molecular formula is C64H64Cl7N7O6S3.